The summed E-state index contributed by atoms with van der Waals surface area (Å²) in [6, 6.07) is 28.4. The monoisotopic (exact) mass is 513 g/mol. The number of nitrogens with one attached hydrogen (secondary N) is 2. The van der Waals surface area contributed by atoms with Crippen LogP contribution in [0.25, 0.3) is 48.7 Å². The van der Waals surface area contributed by atoms with E-state index in [1.165, 1.54) is 32.3 Å². The van der Waals surface area contributed by atoms with E-state index in [2.05, 4.69) is 80.8 Å². The minimum Gasteiger partial charge on any atom is -0.307 e. The number of aromatic nitrogens is 3. The van der Waals surface area contributed by atoms with Crippen LogP contribution in [0, 0.1) is 0 Å². The third-order valence-corrected chi connectivity index (χ3v) is 7.38. The second-order valence-corrected chi connectivity index (χ2v) is 9.79. The van der Waals surface area contributed by atoms with E-state index >= 15 is 0 Å². The van der Waals surface area contributed by atoms with Crippen LogP contribution < -0.4 is 10.0 Å². The molecular formula is C30H19N5O2S. The number of carbonyl (C=O) groups excluding carboxylic acids is 2. The predicted molar refractivity (Wildman–Crippen MR) is 154 cm³/mol. The van der Waals surface area contributed by atoms with Crippen LogP contribution in [0.1, 0.15) is 10.4 Å². The minimum absolute atomic E-state index is 0.336. The molecule has 0 aliphatic carbocycles. The molecule has 0 radical (unpaired) electrons. The fraction of sp³-hybridized carbons (Fsp3) is 0. The zero-order chi connectivity index (χ0) is 25.6. The van der Waals surface area contributed by atoms with E-state index in [4.69, 9.17) is 0 Å². The van der Waals surface area contributed by atoms with E-state index in [0.717, 1.165) is 21.5 Å². The third-order valence-electron chi connectivity index (χ3n) is 6.67. The van der Waals surface area contributed by atoms with Crippen molar-refractivity contribution < 1.29 is 9.59 Å². The lowest BCUT2D eigenvalue weighted by Crippen LogP contribution is -2.24. The molecule has 5 aromatic carbocycles. The van der Waals surface area contributed by atoms with Crippen LogP contribution in [-0.4, -0.2) is 25.7 Å². The van der Waals surface area contributed by atoms with E-state index in [1.54, 1.807) is 18.5 Å². The minimum atomic E-state index is -0.492. The average Bonchev–Trinajstić information content (AvgIpc) is 3.42. The molecule has 2 N–H and O–H groups in total. The maximum absolute atomic E-state index is 12.7. The smallest absolute Gasteiger partial charge is 0.307 e. The van der Waals surface area contributed by atoms with E-state index in [9.17, 15) is 9.59 Å². The molecule has 0 saturated heterocycles. The number of fused-ring (bicyclic) bond motifs is 6. The molecule has 38 heavy (non-hydrogen) atoms. The van der Waals surface area contributed by atoms with Crippen LogP contribution in [0.2, 0.25) is 0 Å². The quantitative estimate of drug-likeness (QED) is 0.148. The van der Waals surface area contributed by atoms with Gasteiger partial charge in [0.25, 0.3) is 0 Å². The van der Waals surface area contributed by atoms with Gasteiger partial charge in [-0.05, 0) is 68.0 Å². The highest BCUT2D eigenvalue weighted by Crippen LogP contribution is 2.34. The second kappa shape index (κ2) is 8.86. The zero-order valence-electron chi connectivity index (χ0n) is 19.9. The Kier molecular flexibility index (Phi) is 5.19. The van der Waals surface area contributed by atoms with Crippen molar-refractivity contribution in [2.75, 3.05) is 5.32 Å². The Bertz CT molecular complexity index is 2070. The molecule has 0 aliphatic rings. The first-order valence-corrected chi connectivity index (χ1v) is 12.8. The van der Waals surface area contributed by atoms with E-state index in [-0.39, 0.29) is 5.12 Å². The first kappa shape index (κ1) is 22.3. The lowest BCUT2D eigenvalue weighted by molar-refractivity contribution is 0.108. The summed E-state index contributed by atoms with van der Waals surface area (Å²) in [6.07, 6.45) is 4.65. The molecule has 0 aliphatic heterocycles. The molecule has 0 fully saturated rings. The van der Waals surface area contributed by atoms with E-state index < -0.39 is 6.03 Å². The number of rotatable bonds is 2. The first-order valence-electron chi connectivity index (χ1n) is 12.0. The number of anilines is 1. The SMILES string of the molecule is O=C(NSC(=O)c1cnc2ccnn2c1)Nc1cccc2cc3c(ccc4cc5ccccc5cc43)cc12. The van der Waals surface area contributed by atoms with Gasteiger partial charge in [-0.2, -0.15) is 5.10 Å². The standard InChI is InChI=1S/C30H19N5O2S/c36-29(23-16-31-28-10-11-32-35(28)17-23)38-34-30(37)33-27-7-3-6-20-14-25-22(15-26(20)27)9-8-21-12-18-4-1-2-5-19(18)13-24(21)25/h1-17H,(H2,33,34,37). The molecule has 8 heteroatoms. The van der Waals surface area contributed by atoms with E-state index in [1.807, 2.05) is 18.2 Å². The summed E-state index contributed by atoms with van der Waals surface area (Å²) in [6.45, 7) is 0. The maximum Gasteiger partial charge on any atom is 0.329 e. The van der Waals surface area contributed by atoms with Crippen LogP contribution in [0.15, 0.2) is 104 Å². The van der Waals surface area contributed by atoms with Gasteiger partial charge in [-0.3, -0.25) is 9.52 Å². The summed E-state index contributed by atoms with van der Waals surface area (Å²) >= 11 is 0.696. The number of urea groups is 1. The molecule has 0 unspecified atom stereocenters. The van der Waals surface area contributed by atoms with Crippen molar-refractivity contribution in [2.24, 2.45) is 0 Å². The average molecular weight is 514 g/mol. The van der Waals surface area contributed by atoms with Gasteiger partial charge >= 0.3 is 6.03 Å². The first-order chi connectivity index (χ1) is 18.6. The normalized spacial score (nSPS) is 11.5. The van der Waals surface area contributed by atoms with Crippen molar-refractivity contribution in [3.8, 4) is 0 Å². The van der Waals surface area contributed by atoms with Crippen molar-refractivity contribution in [2.45, 2.75) is 0 Å². The fourth-order valence-corrected chi connectivity index (χ4v) is 5.31. The van der Waals surface area contributed by atoms with Crippen LogP contribution in [0.4, 0.5) is 10.5 Å². The van der Waals surface area contributed by atoms with Gasteiger partial charge in [0, 0.05) is 35.8 Å². The summed E-state index contributed by atoms with van der Waals surface area (Å²) < 4.78 is 4.09. The molecule has 7 rings (SSSR count). The van der Waals surface area contributed by atoms with Gasteiger partial charge in [-0.25, -0.2) is 14.3 Å². The molecular weight excluding hydrogens is 494 g/mol. The summed E-state index contributed by atoms with van der Waals surface area (Å²) in [7, 11) is 0. The largest absolute Gasteiger partial charge is 0.329 e. The summed E-state index contributed by atoms with van der Waals surface area (Å²) in [5.41, 5.74) is 1.64. The fourth-order valence-electron chi connectivity index (χ4n) is 4.85. The number of hydrogen-bond acceptors (Lipinski definition) is 5. The maximum atomic E-state index is 12.7. The summed E-state index contributed by atoms with van der Waals surface area (Å²) in [5, 5.41) is 15.6. The number of carbonyl (C=O) groups is 2. The van der Waals surface area contributed by atoms with Crippen molar-refractivity contribution in [3.63, 3.8) is 0 Å². The van der Waals surface area contributed by atoms with Gasteiger partial charge in [0.05, 0.1) is 17.4 Å². The molecule has 182 valence electrons. The topological polar surface area (TPSA) is 88.4 Å². The van der Waals surface area contributed by atoms with Crippen LogP contribution in [0.3, 0.4) is 0 Å². The summed E-state index contributed by atoms with van der Waals surface area (Å²) in [4.78, 5) is 29.4. The highest BCUT2D eigenvalue weighted by molar-refractivity contribution is 8.12. The van der Waals surface area contributed by atoms with Gasteiger partial charge in [0.15, 0.2) is 5.65 Å². The highest BCUT2D eigenvalue weighted by atomic mass is 32.2. The molecule has 0 spiro atoms. The van der Waals surface area contributed by atoms with Crippen molar-refractivity contribution in [3.05, 3.63) is 109 Å². The predicted octanol–water partition coefficient (Wildman–Crippen LogP) is 6.95. The Morgan fingerprint density at radius 3 is 2.26 bits per heavy atom. The highest BCUT2D eigenvalue weighted by Gasteiger charge is 2.13. The Morgan fingerprint density at radius 2 is 1.42 bits per heavy atom. The van der Waals surface area contributed by atoms with E-state index in [0.29, 0.717) is 28.8 Å². The van der Waals surface area contributed by atoms with Crippen molar-refractivity contribution in [1.29, 1.82) is 0 Å². The molecule has 0 saturated carbocycles. The van der Waals surface area contributed by atoms with Crippen LogP contribution >= 0.6 is 11.9 Å². The summed E-state index contributed by atoms with van der Waals surface area (Å²) in [5.74, 6) is 0. The van der Waals surface area contributed by atoms with Crippen LogP contribution in [-0.2, 0) is 0 Å². The lowest BCUT2D eigenvalue weighted by Gasteiger charge is -2.12. The molecule has 7 aromatic rings. The zero-order valence-corrected chi connectivity index (χ0v) is 20.7. The number of benzene rings is 5. The van der Waals surface area contributed by atoms with Crippen molar-refractivity contribution >= 4 is 77.5 Å². The Labute approximate surface area is 220 Å². The number of amides is 2. The Balaban J connectivity index is 1.17. The molecule has 0 atom stereocenters. The van der Waals surface area contributed by atoms with Gasteiger partial charge in [0.2, 0.25) is 5.12 Å². The number of hydrogen-bond donors (Lipinski definition) is 2. The molecule has 2 aromatic heterocycles. The second-order valence-electron chi connectivity index (χ2n) is 9.01. The third kappa shape index (κ3) is 3.88. The Hall–Kier alpha value is -4.95. The van der Waals surface area contributed by atoms with Crippen LogP contribution in [0.5, 0.6) is 0 Å². The molecule has 2 heterocycles. The van der Waals surface area contributed by atoms with Crippen molar-refractivity contribution in [1.82, 2.24) is 19.3 Å². The molecule has 2 amide bonds. The lowest BCUT2D eigenvalue weighted by atomic mass is 9.95. The van der Waals surface area contributed by atoms with Gasteiger partial charge in [-0.15, -0.1) is 0 Å². The Morgan fingerprint density at radius 1 is 0.737 bits per heavy atom. The molecule has 7 nitrogen and oxygen atoms in total. The molecule has 0 bridgehead atoms. The van der Waals surface area contributed by atoms with Gasteiger partial charge in [0.1, 0.15) is 0 Å². The van der Waals surface area contributed by atoms with Gasteiger partial charge < -0.3 is 5.32 Å². The number of nitrogens with zero attached hydrogens (tertiary/aromatic N) is 3. The van der Waals surface area contributed by atoms with Gasteiger partial charge in [-0.1, -0.05) is 48.5 Å².